The van der Waals surface area contributed by atoms with E-state index in [0.717, 1.165) is 9.21 Å². The zero-order chi connectivity index (χ0) is 50.1. The van der Waals surface area contributed by atoms with Crippen LogP contribution in [-0.4, -0.2) is 86.3 Å². The number of cyclic esters (lactones) is 2. The minimum absolute atomic E-state index is 0.0809. The van der Waals surface area contributed by atoms with Gasteiger partial charge in [0.05, 0.1) is 19.3 Å². The number of halogens is 5. The van der Waals surface area contributed by atoms with E-state index in [2.05, 4.69) is 244 Å². The summed E-state index contributed by atoms with van der Waals surface area (Å²) in [6.07, 6.45) is -1.37. The second-order valence-corrected chi connectivity index (χ2v) is 30.9. The normalized spacial score (nSPS) is 18.2. The van der Waals surface area contributed by atoms with Crippen molar-refractivity contribution in [2.24, 2.45) is 0 Å². The van der Waals surface area contributed by atoms with E-state index in [1.54, 1.807) is 17.0 Å². The average Bonchev–Trinajstić information content (AvgIpc) is 3.77. The van der Waals surface area contributed by atoms with Crippen molar-refractivity contribution in [1.29, 1.82) is 0 Å². The summed E-state index contributed by atoms with van der Waals surface area (Å²) in [7, 11) is -5.34. The third kappa shape index (κ3) is 13.1. The van der Waals surface area contributed by atoms with Crippen molar-refractivity contribution in [3.8, 4) is 0 Å². The number of aromatic nitrogens is 4. The highest BCUT2D eigenvalue weighted by molar-refractivity contribution is 9.11. The van der Waals surface area contributed by atoms with Gasteiger partial charge in [-0.15, -0.1) is 0 Å². The second-order valence-electron chi connectivity index (χ2n) is 18.4. The van der Waals surface area contributed by atoms with Crippen LogP contribution in [-0.2, 0) is 18.3 Å². The molecule has 2 aromatic heterocycles. The molecule has 4 atom stereocenters. The highest BCUT2D eigenvalue weighted by Gasteiger charge is 2.53. The van der Waals surface area contributed by atoms with Crippen molar-refractivity contribution >= 4 is 135 Å². The molecule has 0 unspecified atom stereocenters. The van der Waals surface area contributed by atoms with Crippen molar-refractivity contribution in [2.75, 3.05) is 18.1 Å². The molecule has 6 aromatic rings. The topological polar surface area (TPSA) is 138 Å². The molecule has 1 N–H and O–H groups in total. The highest BCUT2D eigenvalue weighted by Crippen LogP contribution is 2.39. The Morgan fingerprint density at radius 1 is 0.551 bits per heavy atom. The number of hydrogen-bond donors (Lipinski definition) is 1. The summed E-state index contributed by atoms with van der Waals surface area (Å²) in [4.78, 5) is 42.4. The molecule has 0 spiro atoms. The number of nitrogens with zero attached hydrogens (tertiary/aromatic N) is 5. The number of nitrogens with one attached hydrogen (secondary N) is 1. The van der Waals surface area contributed by atoms with E-state index >= 15 is 0 Å². The van der Waals surface area contributed by atoms with E-state index in [0.29, 0.717) is 33.1 Å². The molecular weight excluding hydrogens is 1240 g/mol. The number of benzene rings is 4. The van der Waals surface area contributed by atoms with Gasteiger partial charge in [-0.3, -0.25) is 4.90 Å². The molecule has 2 fully saturated rings. The molecule has 0 bridgehead atoms. The van der Waals surface area contributed by atoms with Gasteiger partial charge in [0.15, 0.2) is 9.47 Å². The first-order valence-electron chi connectivity index (χ1n) is 22.2. The van der Waals surface area contributed by atoms with E-state index in [9.17, 15) is 9.59 Å². The van der Waals surface area contributed by atoms with Crippen LogP contribution in [0.5, 0.6) is 0 Å². The fourth-order valence-electron chi connectivity index (χ4n) is 8.66. The minimum atomic E-state index is -2.77. The SMILES string of the molecule is Brc1cc(Br)nc(Br)n1.C[C@H]1OC(=O)N(c2cc(Br)nc(Br)n2)[C@H]1CO[Si](c1ccccc1)(c1ccccc1)C(C)(C)C.C[C@H]1OC(=O)N[C@H]1CO[Si](c1ccccc1)(c1ccccc1)C(C)(C)C. The van der Waals surface area contributed by atoms with Gasteiger partial charge in [0.1, 0.15) is 37.9 Å². The third-order valence-electron chi connectivity index (χ3n) is 11.8. The molecule has 364 valence electrons. The molecule has 2 aliphatic heterocycles. The lowest BCUT2D eigenvalue weighted by Crippen LogP contribution is -2.67. The Hall–Kier alpha value is -3.67. The van der Waals surface area contributed by atoms with Gasteiger partial charge in [-0.05, 0) is 124 Å². The molecule has 2 aliphatic rings. The van der Waals surface area contributed by atoms with Gasteiger partial charge in [-0.25, -0.2) is 29.5 Å². The first-order valence-corrected chi connectivity index (χ1v) is 30.0. The van der Waals surface area contributed by atoms with Crippen LogP contribution in [0.1, 0.15) is 55.4 Å². The lowest BCUT2D eigenvalue weighted by molar-refractivity contribution is 0.130. The minimum Gasteiger partial charge on any atom is -0.444 e. The molecule has 8 rings (SSSR count). The van der Waals surface area contributed by atoms with Gasteiger partial charge in [-0.2, -0.15) is 0 Å². The van der Waals surface area contributed by atoms with Gasteiger partial charge in [0.2, 0.25) is 0 Å². The molecule has 19 heteroatoms. The van der Waals surface area contributed by atoms with Crippen molar-refractivity contribution in [1.82, 2.24) is 25.3 Å². The molecule has 4 heterocycles. The Morgan fingerprint density at radius 3 is 1.28 bits per heavy atom. The van der Waals surface area contributed by atoms with Gasteiger partial charge in [-0.1, -0.05) is 163 Å². The lowest BCUT2D eigenvalue weighted by Gasteiger charge is -2.44. The summed E-state index contributed by atoms with van der Waals surface area (Å²) < 4.78 is 27.8. The van der Waals surface area contributed by atoms with Crippen molar-refractivity contribution < 1.29 is 27.9 Å². The van der Waals surface area contributed by atoms with Crippen LogP contribution < -0.4 is 31.0 Å². The van der Waals surface area contributed by atoms with Crippen LogP contribution in [0.25, 0.3) is 0 Å². The molecule has 4 aromatic carbocycles. The number of ether oxygens (including phenoxy) is 2. The van der Waals surface area contributed by atoms with Crippen LogP contribution in [0.15, 0.2) is 157 Å². The number of hydrogen-bond acceptors (Lipinski definition) is 10. The predicted molar refractivity (Wildman–Crippen MR) is 295 cm³/mol. The zero-order valence-electron chi connectivity index (χ0n) is 39.5. The summed E-state index contributed by atoms with van der Waals surface area (Å²) in [5.41, 5.74) is 0. The third-order valence-corrected chi connectivity index (χ3v) is 23.8. The summed E-state index contributed by atoms with van der Waals surface area (Å²) in [5, 5.41) is 7.45. The summed E-state index contributed by atoms with van der Waals surface area (Å²) in [6, 6.07) is 44.9. The molecule has 0 radical (unpaired) electrons. The second kappa shape index (κ2) is 23.7. The van der Waals surface area contributed by atoms with E-state index in [1.165, 1.54) is 20.7 Å². The van der Waals surface area contributed by atoms with E-state index in [4.69, 9.17) is 18.3 Å². The van der Waals surface area contributed by atoms with Crippen molar-refractivity contribution in [2.45, 2.75) is 89.8 Å². The highest BCUT2D eigenvalue weighted by atomic mass is 79.9. The maximum atomic E-state index is 12.8. The maximum Gasteiger partial charge on any atom is 0.416 e. The molecule has 0 aliphatic carbocycles. The first kappa shape index (κ1) is 54.7. The number of anilines is 1. The molecule has 2 amide bonds. The van der Waals surface area contributed by atoms with Crippen molar-refractivity contribution in [3.05, 3.63) is 157 Å². The van der Waals surface area contributed by atoms with Crippen LogP contribution in [0, 0.1) is 0 Å². The van der Waals surface area contributed by atoms with Crippen molar-refractivity contribution in [3.63, 3.8) is 0 Å². The largest absolute Gasteiger partial charge is 0.444 e. The summed E-state index contributed by atoms with van der Waals surface area (Å²) in [5.74, 6) is 0.458. The van der Waals surface area contributed by atoms with Crippen LogP contribution >= 0.6 is 79.6 Å². The van der Waals surface area contributed by atoms with Gasteiger partial charge >= 0.3 is 12.2 Å². The number of carbonyl (C=O) groups excluding carboxylic acids is 2. The number of carbonyl (C=O) groups is 2. The number of alkyl carbamates (subject to hydrolysis) is 1. The van der Waals surface area contributed by atoms with E-state index < -0.39 is 22.7 Å². The van der Waals surface area contributed by atoms with E-state index in [-0.39, 0.29) is 40.5 Å². The Balaban J connectivity index is 0.000000196. The Morgan fingerprint density at radius 2 is 0.928 bits per heavy atom. The Kier molecular flexibility index (Phi) is 18.8. The monoisotopic (exact) mass is 1290 g/mol. The molecule has 12 nitrogen and oxygen atoms in total. The lowest BCUT2D eigenvalue weighted by atomic mass is 10.2. The fraction of sp³-hybridized carbons (Fsp3) is 0.320. The molecule has 69 heavy (non-hydrogen) atoms. The van der Waals surface area contributed by atoms with E-state index in [1.807, 2.05) is 38.1 Å². The molecular formula is C50H55Br5N6O6Si2. The van der Waals surface area contributed by atoms with Crippen LogP contribution in [0.2, 0.25) is 10.1 Å². The average molecular weight is 1290 g/mol. The van der Waals surface area contributed by atoms with Crippen LogP contribution in [0.4, 0.5) is 15.4 Å². The Bertz CT molecular complexity index is 2510. The zero-order valence-corrected chi connectivity index (χ0v) is 49.4. The fourth-order valence-corrected chi connectivity index (χ4v) is 20.7. The van der Waals surface area contributed by atoms with Gasteiger partial charge in [0, 0.05) is 12.1 Å². The quantitative estimate of drug-likeness (QED) is 0.0758. The predicted octanol–water partition coefficient (Wildman–Crippen LogP) is 11.1. The van der Waals surface area contributed by atoms with Gasteiger partial charge < -0.3 is 23.6 Å². The van der Waals surface area contributed by atoms with Crippen LogP contribution in [0.3, 0.4) is 0 Å². The Labute approximate surface area is 449 Å². The number of amides is 2. The smallest absolute Gasteiger partial charge is 0.416 e. The van der Waals surface area contributed by atoms with Gasteiger partial charge in [0.25, 0.3) is 16.6 Å². The summed E-state index contributed by atoms with van der Waals surface area (Å²) in [6.45, 7) is 17.9. The molecule has 2 saturated heterocycles. The maximum absolute atomic E-state index is 12.8. The molecule has 0 saturated carbocycles. The number of rotatable bonds is 11. The summed E-state index contributed by atoms with van der Waals surface area (Å²) >= 11 is 16.2. The first-order chi connectivity index (χ1) is 32.7. The standard InChI is InChI=1S/C25H27Br2N3O3Si.C21H27NO3Si.C4HBr3N2/c1-17-20(30(24(31)33-17)22-15-21(26)28-23(27)29-22)16-32-34(25(2,3)4,18-11-7-5-8-12-18)19-13-9-6-10-14-19;1-16-19(22-20(23)25-16)15-24-26(21(2,3)4,17-11-7-5-8-12-17)18-13-9-6-10-14-18;5-2-1-3(6)9-4(7)8-2/h5-15,17,20H,16H2,1-4H3;5-14,16,19H,15H2,1-4H3,(H,22,23);1H/t17-,20+;16-,19+;/m11./s1.